The number of benzene rings is 1. The van der Waals surface area contributed by atoms with Gasteiger partial charge in [-0.3, -0.25) is 0 Å². The van der Waals surface area contributed by atoms with Crippen LogP contribution in [-0.2, 0) is 17.6 Å². The van der Waals surface area contributed by atoms with Crippen molar-refractivity contribution in [3.8, 4) is 5.75 Å². The highest BCUT2D eigenvalue weighted by Crippen LogP contribution is 2.36. The van der Waals surface area contributed by atoms with Crippen molar-refractivity contribution in [2.45, 2.75) is 65.4 Å². The normalized spacial score (nSPS) is 12.9. The Morgan fingerprint density at radius 3 is 2.74 bits per heavy atom. The zero-order valence-electron chi connectivity index (χ0n) is 14.3. The largest absolute Gasteiger partial charge is 0.507 e. The molecule has 128 valence electrons. The van der Waals surface area contributed by atoms with E-state index in [1.807, 2.05) is 26.0 Å². The first-order valence-corrected chi connectivity index (χ1v) is 9.02. The summed E-state index contributed by atoms with van der Waals surface area (Å²) in [6, 6.07) is 4.20. The summed E-state index contributed by atoms with van der Waals surface area (Å²) in [6.45, 7) is 6.20. The number of hydrogen-bond acceptors (Lipinski definition) is 3. The summed E-state index contributed by atoms with van der Waals surface area (Å²) in [5.74, 6) is 1.37. The molecular weight excluding hydrogens is 312 g/mol. The van der Waals surface area contributed by atoms with Gasteiger partial charge in [0.05, 0.1) is 11.5 Å². The first-order chi connectivity index (χ1) is 11.1. The highest BCUT2D eigenvalue weighted by Gasteiger charge is 2.16. The molecule has 0 bridgehead atoms. The summed E-state index contributed by atoms with van der Waals surface area (Å²) >= 11 is 5.56. The van der Waals surface area contributed by atoms with E-state index in [4.69, 9.17) is 20.8 Å². The van der Waals surface area contributed by atoms with Gasteiger partial charge in [0.1, 0.15) is 23.2 Å². The maximum absolute atomic E-state index is 10.5. The fraction of sp³-hybridized carbons (Fsp3) is 0.579. The number of aryl methyl sites for hydroxylation is 3. The fourth-order valence-corrected chi connectivity index (χ4v) is 3.24. The highest BCUT2D eigenvalue weighted by atomic mass is 35.5. The molecule has 2 rings (SSSR count). The summed E-state index contributed by atoms with van der Waals surface area (Å²) in [5.41, 5.74) is 2.86. The molecule has 0 spiro atoms. The molecule has 0 saturated carbocycles. The van der Waals surface area contributed by atoms with Crippen molar-refractivity contribution >= 4 is 22.6 Å². The van der Waals surface area contributed by atoms with Crippen molar-refractivity contribution in [3.05, 3.63) is 29.0 Å². The van der Waals surface area contributed by atoms with Gasteiger partial charge in [-0.25, -0.2) is 0 Å². The van der Waals surface area contributed by atoms with Crippen LogP contribution in [0.1, 0.15) is 56.4 Å². The van der Waals surface area contributed by atoms with Crippen LogP contribution in [0, 0.1) is 6.92 Å². The number of hydrogen-bond donors (Lipinski definition) is 1. The molecule has 23 heavy (non-hydrogen) atoms. The average molecular weight is 339 g/mol. The molecule has 0 aliphatic rings. The van der Waals surface area contributed by atoms with E-state index >= 15 is 0 Å². The van der Waals surface area contributed by atoms with Gasteiger partial charge < -0.3 is 14.3 Å². The molecule has 1 aromatic carbocycles. The SMILES string of the molecule is CCCc1ccc2oc(CCCCC(C)OCCl)c(C)c2c1O. The zero-order chi connectivity index (χ0) is 16.8. The van der Waals surface area contributed by atoms with E-state index in [9.17, 15) is 5.11 Å². The quantitative estimate of drug-likeness (QED) is 0.470. The average Bonchev–Trinajstić information content (AvgIpc) is 2.84. The minimum Gasteiger partial charge on any atom is -0.507 e. The predicted molar refractivity (Wildman–Crippen MR) is 95.4 cm³/mol. The van der Waals surface area contributed by atoms with Crippen molar-refractivity contribution in [1.29, 1.82) is 0 Å². The van der Waals surface area contributed by atoms with E-state index in [1.165, 1.54) is 0 Å². The lowest BCUT2D eigenvalue weighted by atomic mass is 10.0. The van der Waals surface area contributed by atoms with E-state index in [1.54, 1.807) is 0 Å². The molecule has 0 radical (unpaired) electrons. The lowest BCUT2D eigenvalue weighted by molar-refractivity contribution is 0.0929. The fourth-order valence-electron chi connectivity index (χ4n) is 3.03. The standard InChI is InChI=1S/C19H27ClO3/c1-4-7-15-10-11-17-18(19(15)21)14(3)16(23-17)9-6-5-8-13(2)22-12-20/h10-11,13,21H,4-9,12H2,1-3H3. The molecule has 0 aliphatic carbocycles. The second-order valence-corrected chi connectivity index (χ2v) is 6.40. The lowest BCUT2D eigenvalue weighted by Gasteiger charge is -2.09. The minimum absolute atomic E-state index is 0.199. The third-order valence-electron chi connectivity index (χ3n) is 4.38. The molecule has 1 unspecified atom stereocenters. The number of halogens is 1. The Balaban J connectivity index is 2.04. The number of unbranched alkanes of at least 4 members (excludes halogenated alkanes) is 1. The van der Waals surface area contributed by atoms with Gasteiger partial charge in [0, 0.05) is 12.0 Å². The van der Waals surface area contributed by atoms with Crippen LogP contribution in [0.4, 0.5) is 0 Å². The Labute approximate surface area is 143 Å². The molecule has 1 aromatic heterocycles. The number of phenols is 1. The van der Waals surface area contributed by atoms with Crippen LogP contribution in [-0.4, -0.2) is 17.3 Å². The van der Waals surface area contributed by atoms with Gasteiger partial charge in [0.2, 0.25) is 0 Å². The Bertz CT molecular complexity index is 633. The van der Waals surface area contributed by atoms with Crippen LogP contribution in [0.3, 0.4) is 0 Å². The van der Waals surface area contributed by atoms with Crippen molar-refractivity contribution in [2.75, 3.05) is 6.07 Å². The summed E-state index contributed by atoms with van der Waals surface area (Å²) in [6.07, 6.45) is 6.10. The Morgan fingerprint density at radius 2 is 2.04 bits per heavy atom. The molecule has 0 aliphatic heterocycles. The second kappa shape index (κ2) is 8.60. The summed E-state index contributed by atoms with van der Waals surface area (Å²) in [7, 11) is 0. The van der Waals surface area contributed by atoms with E-state index < -0.39 is 0 Å². The van der Waals surface area contributed by atoms with Gasteiger partial charge in [-0.15, -0.1) is 0 Å². The molecule has 2 aromatic rings. The number of phenolic OH excluding ortho intramolecular Hbond substituents is 1. The molecule has 0 amide bonds. The van der Waals surface area contributed by atoms with Crippen molar-refractivity contribution in [3.63, 3.8) is 0 Å². The first kappa shape index (κ1) is 18.2. The predicted octanol–water partition coefficient (Wildman–Crippen LogP) is 5.71. The van der Waals surface area contributed by atoms with Crippen LogP contribution in [0.5, 0.6) is 5.75 Å². The van der Waals surface area contributed by atoms with Gasteiger partial charge in [0.15, 0.2) is 0 Å². The Kier molecular flexibility index (Phi) is 6.79. The number of furan rings is 1. The van der Waals surface area contributed by atoms with Gasteiger partial charge >= 0.3 is 0 Å². The molecule has 1 atom stereocenters. The van der Waals surface area contributed by atoms with Crippen LogP contribution in [0.15, 0.2) is 16.5 Å². The number of rotatable bonds is 9. The topological polar surface area (TPSA) is 42.6 Å². The van der Waals surface area contributed by atoms with E-state index in [-0.39, 0.29) is 12.2 Å². The van der Waals surface area contributed by atoms with Crippen LogP contribution < -0.4 is 0 Å². The monoisotopic (exact) mass is 338 g/mol. The second-order valence-electron chi connectivity index (χ2n) is 6.18. The van der Waals surface area contributed by atoms with E-state index in [0.29, 0.717) is 5.75 Å². The first-order valence-electron chi connectivity index (χ1n) is 8.48. The molecule has 1 heterocycles. The van der Waals surface area contributed by atoms with Gasteiger partial charge in [0.25, 0.3) is 0 Å². The molecular formula is C19H27ClO3. The summed E-state index contributed by atoms with van der Waals surface area (Å²) < 4.78 is 11.3. The van der Waals surface area contributed by atoms with E-state index in [0.717, 1.165) is 66.4 Å². The van der Waals surface area contributed by atoms with Crippen LogP contribution in [0.25, 0.3) is 11.0 Å². The zero-order valence-corrected chi connectivity index (χ0v) is 15.1. The number of fused-ring (bicyclic) bond motifs is 1. The van der Waals surface area contributed by atoms with E-state index in [2.05, 4.69) is 6.92 Å². The van der Waals surface area contributed by atoms with Crippen LogP contribution in [0.2, 0.25) is 0 Å². The van der Waals surface area contributed by atoms with Crippen molar-refractivity contribution in [2.24, 2.45) is 0 Å². The smallest absolute Gasteiger partial charge is 0.138 e. The molecule has 4 heteroatoms. The number of alkyl halides is 1. The maximum Gasteiger partial charge on any atom is 0.138 e. The molecule has 3 nitrogen and oxygen atoms in total. The third-order valence-corrected chi connectivity index (χ3v) is 4.51. The number of ether oxygens (including phenoxy) is 1. The molecule has 0 fully saturated rings. The molecule has 0 saturated heterocycles. The van der Waals surface area contributed by atoms with Crippen molar-refractivity contribution < 1.29 is 14.3 Å². The van der Waals surface area contributed by atoms with Gasteiger partial charge in [-0.1, -0.05) is 37.4 Å². The Morgan fingerprint density at radius 1 is 1.26 bits per heavy atom. The summed E-state index contributed by atoms with van der Waals surface area (Å²) in [5, 5.41) is 11.4. The summed E-state index contributed by atoms with van der Waals surface area (Å²) in [4.78, 5) is 0. The number of aromatic hydroxyl groups is 1. The highest BCUT2D eigenvalue weighted by molar-refractivity contribution is 6.17. The van der Waals surface area contributed by atoms with Crippen LogP contribution >= 0.6 is 11.6 Å². The maximum atomic E-state index is 10.5. The third kappa shape index (κ3) is 4.42. The lowest BCUT2D eigenvalue weighted by Crippen LogP contribution is -2.06. The van der Waals surface area contributed by atoms with Gasteiger partial charge in [-0.2, -0.15) is 0 Å². The van der Waals surface area contributed by atoms with Crippen molar-refractivity contribution in [1.82, 2.24) is 0 Å². The molecule has 1 N–H and O–H groups in total. The minimum atomic E-state index is 0.199. The Hall–Kier alpha value is -1.19. The van der Waals surface area contributed by atoms with Gasteiger partial charge in [-0.05, 0) is 44.7 Å².